The number of thioether (sulfide) groups is 1. The van der Waals surface area contributed by atoms with Crippen LogP contribution >= 0.6 is 11.8 Å². The molecule has 1 atom stereocenters. The van der Waals surface area contributed by atoms with Crippen LogP contribution in [0, 0.1) is 5.92 Å². The maximum atomic E-state index is 5.60. The Hall–Kier alpha value is -0.590. The van der Waals surface area contributed by atoms with Crippen LogP contribution in [-0.4, -0.2) is 32.3 Å². The van der Waals surface area contributed by atoms with Gasteiger partial charge in [0, 0.05) is 24.8 Å². The van der Waals surface area contributed by atoms with Crippen molar-refractivity contribution in [1.29, 1.82) is 0 Å². The van der Waals surface area contributed by atoms with Gasteiger partial charge in [-0.3, -0.25) is 11.3 Å². The quantitative estimate of drug-likeness (QED) is 0.404. The number of hydrogen-bond donors (Lipinski definition) is 2. The molecule has 0 aromatic carbocycles. The van der Waals surface area contributed by atoms with Crippen molar-refractivity contribution in [2.45, 2.75) is 46.2 Å². The minimum Gasteiger partial charge on any atom is -0.271 e. The standard InChI is InChI=1S/C12H25N5S/c1-4-5-18-8-11(16-13)6-12-14-9-15-17(12)7-10(2)3/h9-11,16H,4-8,13H2,1-3H3. The van der Waals surface area contributed by atoms with E-state index < -0.39 is 0 Å². The molecule has 0 aliphatic rings. The summed E-state index contributed by atoms with van der Waals surface area (Å²) in [6, 6.07) is 0.261. The third kappa shape index (κ3) is 5.37. The van der Waals surface area contributed by atoms with E-state index in [2.05, 4.69) is 36.3 Å². The second-order valence-electron chi connectivity index (χ2n) is 4.89. The topological polar surface area (TPSA) is 68.8 Å². The summed E-state index contributed by atoms with van der Waals surface area (Å²) in [5.74, 6) is 9.38. The minimum atomic E-state index is 0.261. The second-order valence-corrected chi connectivity index (χ2v) is 6.04. The fraction of sp³-hybridized carbons (Fsp3) is 0.833. The van der Waals surface area contributed by atoms with Crippen LogP contribution in [0.1, 0.15) is 33.0 Å². The molecule has 1 aromatic heterocycles. The number of hydrazine groups is 1. The molecule has 0 aliphatic heterocycles. The molecule has 3 N–H and O–H groups in total. The summed E-state index contributed by atoms with van der Waals surface area (Å²) in [6.07, 6.45) is 3.66. The summed E-state index contributed by atoms with van der Waals surface area (Å²) < 4.78 is 1.99. The highest BCUT2D eigenvalue weighted by atomic mass is 32.2. The maximum Gasteiger partial charge on any atom is 0.138 e. The summed E-state index contributed by atoms with van der Waals surface area (Å²) in [7, 11) is 0. The van der Waals surface area contributed by atoms with Crippen LogP contribution in [0.25, 0.3) is 0 Å². The summed E-state index contributed by atoms with van der Waals surface area (Å²) in [6.45, 7) is 7.47. The number of nitrogens with two attached hydrogens (primary N) is 1. The molecular formula is C12H25N5S. The van der Waals surface area contributed by atoms with Crippen LogP contribution in [-0.2, 0) is 13.0 Å². The highest BCUT2D eigenvalue weighted by molar-refractivity contribution is 7.99. The molecule has 0 aliphatic carbocycles. The summed E-state index contributed by atoms with van der Waals surface area (Å²) >= 11 is 1.93. The third-order valence-electron chi connectivity index (χ3n) is 2.57. The largest absolute Gasteiger partial charge is 0.271 e. The maximum absolute atomic E-state index is 5.60. The van der Waals surface area contributed by atoms with Gasteiger partial charge in [-0.2, -0.15) is 16.9 Å². The Balaban J connectivity index is 2.50. The highest BCUT2D eigenvalue weighted by Crippen LogP contribution is 2.09. The summed E-state index contributed by atoms with van der Waals surface area (Å²) in [5, 5.41) is 4.27. The van der Waals surface area contributed by atoms with E-state index in [1.807, 2.05) is 16.4 Å². The van der Waals surface area contributed by atoms with Crippen LogP contribution in [0.2, 0.25) is 0 Å². The number of nitrogens with one attached hydrogen (secondary N) is 1. The van der Waals surface area contributed by atoms with Gasteiger partial charge in [0.05, 0.1) is 0 Å². The van der Waals surface area contributed by atoms with Crippen molar-refractivity contribution in [3.63, 3.8) is 0 Å². The van der Waals surface area contributed by atoms with Crippen molar-refractivity contribution in [2.75, 3.05) is 11.5 Å². The molecule has 5 nitrogen and oxygen atoms in total. The van der Waals surface area contributed by atoms with Crippen LogP contribution in [0.3, 0.4) is 0 Å². The van der Waals surface area contributed by atoms with Crippen LogP contribution in [0.4, 0.5) is 0 Å². The lowest BCUT2D eigenvalue weighted by Gasteiger charge is -2.16. The van der Waals surface area contributed by atoms with E-state index in [1.54, 1.807) is 6.33 Å². The molecule has 1 unspecified atom stereocenters. The Bertz CT molecular complexity index is 326. The van der Waals surface area contributed by atoms with Gasteiger partial charge >= 0.3 is 0 Å². The summed E-state index contributed by atoms with van der Waals surface area (Å²) in [5.41, 5.74) is 2.88. The van der Waals surface area contributed by atoms with Gasteiger partial charge < -0.3 is 0 Å². The van der Waals surface area contributed by atoms with Gasteiger partial charge in [0.25, 0.3) is 0 Å². The van der Waals surface area contributed by atoms with Crippen molar-refractivity contribution >= 4 is 11.8 Å². The monoisotopic (exact) mass is 271 g/mol. The van der Waals surface area contributed by atoms with Gasteiger partial charge in [-0.25, -0.2) is 9.67 Å². The van der Waals surface area contributed by atoms with Crippen molar-refractivity contribution in [3.05, 3.63) is 12.2 Å². The number of rotatable bonds is 9. The predicted molar refractivity (Wildman–Crippen MR) is 77.3 cm³/mol. The SMILES string of the molecule is CCCSCC(Cc1ncnn1CC(C)C)NN. The minimum absolute atomic E-state index is 0.261. The molecule has 1 aromatic rings. The van der Waals surface area contributed by atoms with Crippen LogP contribution in [0.15, 0.2) is 6.33 Å². The molecule has 0 amide bonds. The van der Waals surface area contributed by atoms with Gasteiger partial charge in [-0.15, -0.1) is 0 Å². The van der Waals surface area contributed by atoms with Gasteiger partial charge in [0.15, 0.2) is 0 Å². The summed E-state index contributed by atoms with van der Waals surface area (Å²) in [4.78, 5) is 4.33. The van der Waals surface area contributed by atoms with Gasteiger partial charge in [-0.1, -0.05) is 20.8 Å². The fourth-order valence-electron chi connectivity index (χ4n) is 1.70. The van der Waals surface area contributed by atoms with Gasteiger partial charge in [0.2, 0.25) is 0 Å². The van der Waals surface area contributed by atoms with E-state index in [4.69, 9.17) is 5.84 Å². The fourth-order valence-corrected chi connectivity index (χ4v) is 2.65. The molecule has 1 rings (SSSR count). The van der Waals surface area contributed by atoms with E-state index in [0.29, 0.717) is 5.92 Å². The molecular weight excluding hydrogens is 246 g/mol. The Labute approximate surface area is 114 Å². The molecule has 0 bridgehead atoms. The van der Waals surface area contributed by atoms with E-state index >= 15 is 0 Å². The lowest BCUT2D eigenvalue weighted by molar-refractivity contribution is 0.451. The second kappa shape index (κ2) is 8.50. The molecule has 0 fully saturated rings. The number of nitrogens with zero attached hydrogens (tertiary/aromatic N) is 3. The smallest absolute Gasteiger partial charge is 0.138 e. The van der Waals surface area contributed by atoms with Gasteiger partial charge in [-0.05, 0) is 18.1 Å². The average molecular weight is 271 g/mol. The molecule has 104 valence electrons. The first-order chi connectivity index (χ1) is 8.67. The van der Waals surface area contributed by atoms with E-state index in [1.165, 1.54) is 12.2 Å². The zero-order chi connectivity index (χ0) is 13.4. The van der Waals surface area contributed by atoms with Crippen molar-refractivity contribution in [3.8, 4) is 0 Å². The molecule has 1 heterocycles. The first-order valence-corrected chi connectivity index (χ1v) is 7.73. The molecule has 6 heteroatoms. The average Bonchev–Trinajstić information content (AvgIpc) is 2.74. The molecule has 0 spiro atoms. The predicted octanol–water partition coefficient (Wildman–Crippen LogP) is 1.45. The van der Waals surface area contributed by atoms with Crippen molar-refractivity contribution in [2.24, 2.45) is 11.8 Å². The molecule has 0 radical (unpaired) electrons. The normalized spacial score (nSPS) is 13.2. The Kier molecular flexibility index (Phi) is 7.31. The van der Waals surface area contributed by atoms with Gasteiger partial charge in [0.1, 0.15) is 12.2 Å². The number of hydrogen-bond acceptors (Lipinski definition) is 5. The first kappa shape index (κ1) is 15.5. The highest BCUT2D eigenvalue weighted by Gasteiger charge is 2.13. The van der Waals surface area contributed by atoms with E-state index in [0.717, 1.165) is 24.5 Å². The van der Waals surface area contributed by atoms with Crippen molar-refractivity contribution in [1.82, 2.24) is 20.2 Å². The molecule has 18 heavy (non-hydrogen) atoms. The Morgan fingerprint density at radius 2 is 2.28 bits per heavy atom. The van der Waals surface area contributed by atoms with Crippen molar-refractivity contribution < 1.29 is 0 Å². The van der Waals surface area contributed by atoms with Crippen LogP contribution < -0.4 is 11.3 Å². The van der Waals surface area contributed by atoms with Crippen LogP contribution in [0.5, 0.6) is 0 Å². The Morgan fingerprint density at radius 1 is 1.50 bits per heavy atom. The number of aromatic nitrogens is 3. The van der Waals surface area contributed by atoms with E-state index in [9.17, 15) is 0 Å². The zero-order valence-corrected chi connectivity index (χ0v) is 12.4. The lowest BCUT2D eigenvalue weighted by Crippen LogP contribution is -2.39. The Morgan fingerprint density at radius 3 is 2.89 bits per heavy atom. The van der Waals surface area contributed by atoms with E-state index in [-0.39, 0.29) is 6.04 Å². The molecule has 0 saturated carbocycles. The molecule has 0 saturated heterocycles. The zero-order valence-electron chi connectivity index (χ0n) is 11.6. The first-order valence-electron chi connectivity index (χ1n) is 6.57. The lowest BCUT2D eigenvalue weighted by atomic mass is 10.2. The third-order valence-corrected chi connectivity index (χ3v) is 3.90.